The number of nitrogens with one attached hydrogen (secondary N) is 1. The molecule has 5 heteroatoms. The molecule has 0 saturated carbocycles. The number of nitrogen functional groups attached to an aromatic ring is 1. The largest absolute Gasteiger partial charge is 0.397 e. The van der Waals surface area contributed by atoms with Crippen molar-refractivity contribution in [2.75, 3.05) is 11.1 Å². The maximum Gasteiger partial charge on any atom is 0.231 e. The number of hydrogen-bond acceptors (Lipinski definition) is 4. The molecular weight excluding hydrogens is 276 g/mol. The third-order valence-corrected chi connectivity index (χ3v) is 3.33. The van der Waals surface area contributed by atoms with Crippen molar-refractivity contribution in [2.45, 2.75) is 13.3 Å². The first-order valence-electron chi connectivity index (χ1n) is 6.98. The third-order valence-electron chi connectivity index (χ3n) is 3.33. The van der Waals surface area contributed by atoms with Gasteiger partial charge in [-0.3, -0.25) is 9.78 Å². The number of carbonyl (C=O) groups is 1. The highest BCUT2D eigenvalue weighted by molar-refractivity contribution is 5.93. The molecule has 0 atom stereocenters. The van der Waals surface area contributed by atoms with Gasteiger partial charge in [0.25, 0.3) is 0 Å². The Kier molecular flexibility index (Phi) is 3.70. The highest BCUT2D eigenvalue weighted by Gasteiger charge is 2.08. The second-order valence-electron chi connectivity index (χ2n) is 5.16. The zero-order valence-electron chi connectivity index (χ0n) is 12.2. The molecule has 0 spiro atoms. The average molecular weight is 292 g/mol. The Labute approximate surface area is 128 Å². The van der Waals surface area contributed by atoms with Crippen molar-refractivity contribution in [3.8, 4) is 0 Å². The standard InChI is InChI=1S/C17H16N4O/c1-11-7-8-19-15(9-11)21-16(22)10-13-6-5-12-3-2-4-14(18)17(12)20-13/h2-9H,10,18H2,1H3,(H,19,21,22). The van der Waals surface area contributed by atoms with Crippen LogP contribution < -0.4 is 11.1 Å². The molecule has 0 aliphatic carbocycles. The van der Waals surface area contributed by atoms with Crippen molar-refractivity contribution in [1.29, 1.82) is 0 Å². The smallest absolute Gasteiger partial charge is 0.231 e. The minimum atomic E-state index is -0.153. The van der Waals surface area contributed by atoms with Crippen LogP contribution in [-0.2, 0) is 11.2 Å². The van der Waals surface area contributed by atoms with Gasteiger partial charge in [-0.15, -0.1) is 0 Å². The Hall–Kier alpha value is -2.95. The van der Waals surface area contributed by atoms with Crippen LogP contribution in [0, 0.1) is 6.92 Å². The van der Waals surface area contributed by atoms with Gasteiger partial charge in [0.15, 0.2) is 0 Å². The van der Waals surface area contributed by atoms with Crippen LogP contribution in [0.25, 0.3) is 10.9 Å². The van der Waals surface area contributed by atoms with Gasteiger partial charge in [-0.2, -0.15) is 0 Å². The van der Waals surface area contributed by atoms with Gasteiger partial charge in [0, 0.05) is 11.6 Å². The monoisotopic (exact) mass is 292 g/mol. The van der Waals surface area contributed by atoms with Crippen LogP contribution in [0.15, 0.2) is 48.7 Å². The fourth-order valence-electron chi connectivity index (χ4n) is 2.26. The Morgan fingerprint density at radius 3 is 2.91 bits per heavy atom. The molecule has 3 aromatic rings. The molecule has 3 N–H and O–H groups in total. The van der Waals surface area contributed by atoms with E-state index in [-0.39, 0.29) is 12.3 Å². The van der Waals surface area contributed by atoms with E-state index in [4.69, 9.17) is 5.73 Å². The molecule has 1 amide bonds. The normalized spacial score (nSPS) is 10.6. The van der Waals surface area contributed by atoms with Crippen molar-refractivity contribution in [3.63, 3.8) is 0 Å². The van der Waals surface area contributed by atoms with Crippen LogP contribution in [0.4, 0.5) is 11.5 Å². The van der Waals surface area contributed by atoms with Gasteiger partial charge in [0.2, 0.25) is 5.91 Å². The van der Waals surface area contributed by atoms with Crippen molar-refractivity contribution in [2.24, 2.45) is 0 Å². The number of benzene rings is 1. The third kappa shape index (κ3) is 3.03. The summed E-state index contributed by atoms with van der Waals surface area (Å²) in [6, 6.07) is 13.1. The highest BCUT2D eigenvalue weighted by atomic mass is 16.1. The van der Waals surface area contributed by atoms with E-state index in [1.54, 1.807) is 12.3 Å². The van der Waals surface area contributed by atoms with Gasteiger partial charge < -0.3 is 11.1 Å². The lowest BCUT2D eigenvalue weighted by molar-refractivity contribution is -0.115. The molecule has 22 heavy (non-hydrogen) atoms. The summed E-state index contributed by atoms with van der Waals surface area (Å²) in [5.74, 6) is 0.393. The van der Waals surface area contributed by atoms with Gasteiger partial charge >= 0.3 is 0 Å². The maximum absolute atomic E-state index is 12.1. The average Bonchev–Trinajstić information content (AvgIpc) is 2.48. The molecule has 5 nitrogen and oxygen atoms in total. The lowest BCUT2D eigenvalue weighted by atomic mass is 10.1. The van der Waals surface area contributed by atoms with Crippen molar-refractivity contribution < 1.29 is 4.79 Å². The number of hydrogen-bond donors (Lipinski definition) is 2. The first-order valence-corrected chi connectivity index (χ1v) is 6.98. The first-order chi connectivity index (χ1) is 10.6. The number of carbonyl (C=O) groups excluding carboxylic acids is 1. The number of nitrogens with two attached hydrogens (primary N) is 1. The fraction of sp³-hybridized carbons (Fsp3) is 0.118. The van der Waals surface area contributed by atoms with Crippen LogP contribution in [0.2, 0.25) is 0 Å². The number of rotatable bonds is 3. The van der Waals surface area contributed by atoms with Crippen LogP contribution in [-0.4, -0.2) is 15.9 Å². The van der Waals surface area contributed by atoms with E-state index in [2.05, 4.69) is 15.3 Å². The Morgan fingerprint density at radius 1 is 1.23 bits per heavy atom. The van der Waals surface area contributed by atoms with E-state index < -0.39 is 0 Å². The topological polar surface area (TPSA) is 80.9 Å². The van der Waals surface area contributed by atoms with Gasteiger partial charge in [0.05, 0.1) is 23.3 Å². The zero-order chi connectivity index (χ0) is 15.5. The molecule has 110 valence electrons. The Morgan fingerprint density at radius 2 is 2.09 bits per heavy atom. The number of aryl methyl sites for hydroxylation is 1. The minimum Gasteiger partial charge on any atom is -0.397 e. The van der Waals surface area contributed by atoms with Crippen molar-refractivity contribution in [3.05, 3.63) is 59.9 Å². The van der Waals surface area contributed by atoms with Crippen LogP contribution >= 0.6 is 0 Å². The summed E-state index contributed by atoms with van der Waals surface area (Å²) in [5, 5.41) is 3.74. The Balaban J connectivity index is 1.78. The van der Waals surface area contributed by atoms with Crippen molar-refractivity contribution >= 4 is 28.3 Å². The number of aromatic nitrogens is 2. The molecule has 2 aromatic heterocycles. The van der Waals surface area contributed by atoms with E-state index in [0.717, 1.165) is 16.5 Å². The first kappa shape index (κ1) is 14.0. The van der Waals surface area contributed by atoms with E-state index in [1.165, 1.54) is 0 Å². The number of fused-ring (bicyclic) bond motifs is 1. The summed E-state index contributed by atoms with van der Waals surface area (Å²) < 4.78 is 0. The second-order valence-corrected chi connectivity index (χ2v) is 5.16. The molecule has 0 saturated heterocycles. The molecule has 0 fully saturated rings. The summed E-state index contributed by atoms with van der Waals surface area (Å²) >= 11 is 0. The summed E-state index contributed by atoms with van der Waals surface area (Å²) in [4.78, 5) is 20.7. The van der Waals surface area contributed by atoms with Crippen LogP contribution in [0.5, 0.6) is 0 Å². The van der Waals surface area contributed by atoms with Gasteiger partial charge in [-0.1, -0.05) is 18.2 Å². The molecule has 3 rings (SSSR count). The van der Waals surface area contributed by atoms with E-state index >= 15 is 0 Å². The number of nitrogens with zero attached hydrogens (tertiary/aromatic N) is 2. The van der Waals surface area contributed by atoms with E-state index in [1.807, 2.05) is 43.3 Å². The minimum absolute atomic E-state index is 0.153. The van der Waals surface area contributed by atoms with Gasteiger partial charge in [-0.05, 0) is 36.8 Å². The van der Waals surface area contributed by atoms with Crippen LogP contribution in [0.3, 0.4) is 0 Å². The summed E-state index contributed by atoms with van der Waals surface area (Å²) in [7, 11) is 0. The highest BCUT2D eigenvalue weighted by Crippen LogP contribution is 2.19. The lowest BCUT2D eigenvalue weighted by Gasteiger charge is -2.06. The van der Waals surface area contributed by atoms with Gasteiger partial charge in [-0.25, -0.2) is 4.98 Å². The molecular formula is C17H16N4O. The summed E-state index contributed by atoms with van der Waals surface area (Å²) in [6.07, 6.45) is 1.85. The van der Waals surface area contributed by atoms with E-state index in [0.29, 0.717) is 17.2 Å². The van der Waals surface area contributed by atoms with Gasteiger partial charge in [0.1, 0.15) is 5.82 Å². The quantitative estimate of drug-likeness (QED) is 0.727. The molecule has 0 radical (unpaired) electrons. The maximum atomic E-state index is 12.1. The lowest BCUT2D eigenvalue weighted by Crippen LogP contribution is -2.16. The summed E-state index contributed by atoms with van der Waals surface area (Å²) in [6.45, 7) is 1.95. The number of anilines is 2. The second kappa shape index (κ2) is 5.81. The predicted molar refractivity (Wildman–Crippen MR) is 87.5 cm³/mol. The SMILES string of the molecule is Cc1ccnc(NC(=O)Cc2ccc3cccc(N)c3n2)c1. The summed E-state index contributed by atoms with van der Waals surface area (Å²) in [5.41, 5.74) is 8.98. The molecule has 1 aromatic carbocycles. The molecule has 0 bridgehead atoms. The van der Waals surface area contributed by atoms with E-state index in [9.17, 15) is 4.79 Å². The number of pyridine rings is 2. The number of para-hydroxylation sites is 1. The zero-order valence-corrected chi connectivity index (χ0v) is 12.2. The number of amides is 1. The predicted octanol–water partition coefficient (Wildman–Crippen LogP) is 2.70. The van der Waals surface area contributed by atoms with Crippen LogP contribution in [0.1, 0.15) is 11.3 Å². The molecule has 2 heterocycles. The van der Waals surface area contributed by atoms with Crippen molar-refractivity contribution in [1.82, 2.24) is 9.97 Å². The molecule has 0 aliphatic heterocycles. The fourth-order valence-corrected chi connectivity index (χ4v) is 2.26. The Bertz CT molecular complexity index is 845. The molecule has 0 aliphatic rings. The molecule has 0 unspecified atom stereocenters.